The summed E-state index contributed by atoms with van der Waals surface area (Å²) >= 11 is 0. The van der Waals surface area contributed by atoms with Crippen LogP contribution in [0.2, 0.25) is 0 Å². The third-order valence-corrected chi connectivity index (χ3v) is 1.95. The van der Waals surface area contributed by atoms with Gasteiger partial charge >= 0.3 is 6.18 Å². The predicted molar refractivity (Wildman–Crippen MR) is 52.6 cm³/mol. The minimum absolute atomic E-state index is 0.136. The van der Waals surface area contributed by atoms with Crippen LogP contribution in [0.15, 0.2) is 24.4 Å². The second-order valence-corrected chi connectivity index (χ2v) is 3.35. The summed E-state index contributed by atoms with van der Waals surface area (Å²) in [5.74, 6) is 0.251. The van der Waals surface area contributed by atoms with Crippen LogP contribution in [0.5, 0.6) is 11.6 Å². The number of alkyl halides is 3. The zero-order chi connectivity index (χ0) is 12.5. The Morgan fingerprint density at radius 1 is 1.29 bits per heavy atom. The molecule has 0 saturated carbocycles. The lowest BCUT2D eigenvalue weighted by molar-refractivity contribution is -0.141. The molecular weight excluding hydrogens is 235 g/mol. The zero-order valence-electron chi connectivity index (χ0n) is 8.75. The van der Waals surface area contributed by atoms with Gasteiger partial charge in [0.2, 0.25) is 5.88 Å². The Hall–Kier alpha value is -2.05. The maximum Gasteiger partial charge on any atom is 0.432 e. The minimum atomic E-state index is -4.46. The monoisotopic (exact) mass is 243 g/mol. The predicted octanol–water partition coefficient (Wildman–Crippen LogP) is 2.92. The molecule has 0 atom stereocenters. The van der Waals surface area contributed by atoms with Gasteiger partial charge in [-0.15, -0.1) is 5.10 Å². The Labute approximate surface area is 94.4 Å². The molecule has 0 bridgehead atoms. The second-order valence-electron chi connectivity index (χ2n) is 3.35. The molecule has 2 aromatic heterocycles. The maximum absolute atomic E-state index is 12.3. The van der Waals surface area contributed by atoms with Crippen LogP contribution >= 0.6 is 0 Å². The van der Waals surface area contributed by atoms with Gasteiger partial charge in [0.15, 0.2) is 0 Å². The van der Waals surface area contributed by atoms with Crippen molar-refractivity contribution in [2.24, 2.45) is 0 Å². The number of rotatable bonds is 2. The van der Waals surface area contributed by atoms with E-state index < -0.39 is 11.9 Å². The molecular formula is C10H8F3N3O. The first-order valence-corrected chi connectivity index (χ1v) is 4.68. The van der Waals surface area contributed by atoms with Gasteiger partial charge in [-0.3, -0.25) is 10.1 Å². The van der Waals surface area contributed by atoms with Gasteiger partial charge in [0.25, 0.3) is 0 Å². The highest BCUT2D eigenvalue weighted by molar-refractivity contribution is 5.27. The summed E-state index contributed by atoms with van der Waals surface area (Å²) in [5.41, 5.74) is -0.243. The number of aryl methyl sites for hydroxylation is 1. The molecule has 0 radical (unpaired) electrons. The highest BCUT2D eigenvalue weighted by Crippen LogP contribution is 2.30. The molecule has 4 nitrogen and oxygen atoms in total. The molecule has 0 fully saturated rings. The topological polar surface area (TPSA) is 50.8 Å². The smallest absolute Gasteiger partial charge is 0.432 e. The Bertz CT molecular complexity index is 522. The Morgan fingerprint density at radius 2 is 2.06 bits per heavy atom. The highest BCUT2D eigenvalue weighted by atomic mass is 19.4. The maximum atomic E-state index is 12.3. The highest BCUT2D eigenvalue weighted by Gasteiger charge is 2.33. The fourth-order valence-electron chi connectivity index (χ4n) is 1.20. The van der Waals surface area contributed by atoms with Gasteiger partial charge in [-0.25, -0.2) is 0 Å². The summed E-state index contributed by atoms with van der Waals surface area (Å²) in [5, 5.41) is 5.28. The first-order valence-electron chi connectivity index (χ1n) is 4.68. The minimum Gasteiger partial charge on any atom is -0.437 e. The number of aromatic amines is 1. The van der Waals surface area contributed by atoms with E-state index in [4.69, 9.17) is 4.74 Å². The van der Waals surface area contributed by atoms with Gasteiger partial charge < -0.3 is 4.74 Å². The third-order valence-electron chi connectivity index (χ3n) is 1.95. The van der Waals surface area contributed by atoms with Crippen molar-refractivity contribution < 1.29 is 17.9 Å². The molecule has 0 spiro atoms. The van der Waals surface area contributed by atoms with Gasteiger partial charge in [-0.05, 0) is 13.0 Å². The number of hydrogen-bond acceptors (Lipinski definition) is 3. The summed E-state index contributed by atoms with van der Waals surface area (Å²) in [6, 6.07) is 3.94. The average molecular weight is 243 g/mol. The van der Waals surface area contributed by atoms with Crippen LogP contribution < -0.4 is 4.74 Å². The van der Waals surface area contributed by atoms with Gasteiger partial charge in [0, 0.05) is 24.0 Å². The van der Waals surface area contributed by atoms with E-state index in [0.717, 1.165) is 6.07 Å². The van der Waals surface area contributed by atoms with Crippen LogP contribution in [0.4, 0.5) is 13.2 Å². The fourth-order valence-corrected chi connectivity index (χ4v) is 1.20. The van der Waals surface area contributed by atoms with Crippen molar-refractivity contribution in [3.8, 4) is 11.6 Å². The van der Waals surface area contributed by atoms with Gasteiger partial charge in [-0.1, -0.05) is 0 Å². The van der Waals surface area contributed by atoms with Gasteiger partial charge in [-0.2, -0.15) is 13.2 Å². The van der Waals surface area contributed by atoms with Crippen molar-refractivity contribution in [1.29, 1.82) is 0 Å². The van der Waals surface area contributed by atoms with Crippen LogP contribution in [0.25, 0.3) is 0 Å². The van der Waals surface area contributed by atoms with Gasteiger partial charge in [0.05, 0.1) is 0 Å². The number of ether oxygens (including phenoxy) is 1. The Balaban J connectivity index is 2.17. The number of halogens is 3. The molecule has 1 N–H and O–H groups in total. The fraction of sp³-hybridized carbons (Fsp3) is 0.200. The van der Waals surface area contributed by atoms with E-state index in [1.54, 1.807) is 13.0 Å². The zero-order valence-corrected chi connectivity index (χ0v) is 8.75. The SMILES string of the molecule is Cc1cc(Oc2cc(C(F)(F)F)[nH]n2)ccn1. The number of H-pyrrole nitrogens is 1. The number of hydrogen-bond donors (Lipinski definition) is 1. The number of nitrogens with zero attached hydrogens (tertiary/aromatic N) is 2. The Kier molecular flexibility index (Phi) is 2.74. The van der Waals surface area contributed by atoms with E-state index in [0.29, 0.717) is 11.4 Å². The summed E-state index contributed by atoms with van der Waals surface area (Å²) in [6.07, 6.45) is -2.95. The van der Waals surface area contributed by atoms with E-state index >= 15 is 0 Å². The van der Waals surface area contributed by atoms with Crippen LogP contribution in [-0.4, -0.2) is 15.2 Å². The molecule has 0 amide bonds. The molecule has 2 rings (SSSR count). The van der Waals surface area contributed by atoms with Crippen LogP contribution in [0, 0.1) is 6.92 Å². The number of pyridine rings is 1. The molecule has 2 aromatic rings. The average Bonchev–Trinajstić information content (AvgIpc) is 2.65. The van der Waals surface area contributed by atoms with Crippen LogP contribution in [-0.2, 0) is 6.18 Å². The van der Waals surface area contributed by atoms with Crippen molar-refractivity contribution in [2.75, 3.05) is 0 Å². The van der Waals surface area contributed by atoms with E-state index in [9.17, 15) is 13.2 Å². The molecule has 0 saturated heterocycles. The molecule has 0 aliphatic carbocycles. The van der Waals surface area contributed by atoms with Crippen molar-refractivity contribution in [3.05, 3.63) is 35.8 Å². The molecule has 90 valence electrons. The molecule has 0 aromatic carbocycles. The van der Waals surface area contributed by atoms with Crippen molar-refractivity contribution in [2.45, 2.75) is 13.1 Å². The number of nitrogens with one attached hydrogen (secondary N) is 1. The second kappa shape index (κ2) is 4.08. The normalized spacial score (nSPS) is 11.5. The first-order chi connectivity index (χ1) is 7.95. The molecule has 17 heavy (non-hydrogen) atoms. The lowest BCUT2D eigenvalue weighted by atomic mass is 10.3. The third kappa shape index (κ3) is 2.74. The summed E-state index contributed by atoms with van der Waals surface area (Å²) < 4.78 is 42.0. The van der Waals surface area contributed by atoms with Crippen LogP contribution in [0.3, 0.4) is 0 Å². The van der Waals surface area contributed by atoms with Crippen molar-refractivity contribution >= 4 is 0 Å². The largest absolute Gasteiger partial charge is 0.437 e. The van der Waals surface area contributed by atoms with E-state index in [1.165, 1.54) is 12.3 Å². The Morgan fingerprint density at radius 3 is 2.65 bits per heavy atom. The molecule has 0 unspecified atom stereocenters. The van der Waals surface area contributed by atoms with E-state index in [1.807, 2.05) is 5.10 Å². The molecule has 0 aliphatic heterocycles. The summed E-state index contributed by atoms with van der Waals surface area (Å²) in [7, 11) is 0. The van der Waals surface area contributed by atoms with E-state index in [-0.39, 0.29) is 5.88 Å². The molecule has 0 aliphatic rings. The van der Waals surface area contributed by atoms with Gasteiger partial charge in [0.1, 0.15) is 11.4 Å². The van der Waals surface area contributed by atoms with Crippen LogP contribution in [0.1, 0.15) is 11.4 Å². The van der Waals surface area contributed by atoms with E-state index in [2.05, 4.69) is 10.1 Å². The standard InChI is InChI=1S/C10H8F3N3O/c1-6-4-7(2-3-14-6)17-9-5-8(15-16-9)10(11,12)13/h2-5H,1H3,(H,15,16). The summed E-state index contributed by atoms with van der Waals surface area (Å²) in [6.45, 7) is 1.75. The van der Waals surface area contributed by atoms with Crippen molar-refractivity contribution in [1.82, 2.24) is 15.2 Å². The van der Waals surface area contributed by atoms with Crippen molar-refractivity contribution in [3.63, 3.8) is 0 Å². The number of aromatic nitrogens is 3. The first kappa shape index (κ1) is 11.4. The quantitative estimate of drug-likeness (QED) is 0.882. The summed E-state index contributed by atoms with van der Waals surface area (Å²) in [4.78, 5) is 3.94. The molecule has 7 heteroatoms. The lowest BCUT2D eigenvalue weighted by Gasteiger charge is -2.02. The lowest BCUT2D eigenvalue weighted by Crippen LogP contribution is -2.04. The molecule has 2 heterocycles.